The Morgan fingerprint density at radius 3 is 2.81 bits per heavy atom. The number of allylic oxidation sites excluding steroid dienone is 4. The van der Waals surface area contributed by atoms with E-state index in [9.17, 15) is 4.79 Å². The van der Waals surface area contributed by atoms with E-state index in [4.69, 9.17) is 9.84 Å². The van der Waals surface area contributed by atoms with Gasteiger partial charge in [0.05, 0.1) is 25.2 Å². The van der Waals surface area contributed by atoms with Crippen LogP contribution in [0.4, 0.5) is 8.78 Å². The van der Waals surface area contributed by atoms with Crippen LogP contribution in [-0.2, 0) is 16.0 Å². The largest absolute Gasteiger partial charge is 0.478 e. The van der Waals surface area contributed by atoms with Gasteiger partial charge in [-0.1, -0.05) is 18.2 Å². The number of rotatable bonds is 5. The van der Waals surface area contributed by atoms with Gasteiger partial charge >= 0.3 is 5.97 Å². The number of aliphatic carboxylic acids is 1. The number of para-hydroxylation sites is 1. The normalized spacial score (nSPS) is 29.0. The van der Waals surface area contributed by atoms with Gasteiger partial charge in [0.2, 0.25) is 0 Å². The van der Waals surface area contributed by atoms with Gasteiger partial charge in [0.15, 0.2) is 0 Å². The fourth-order valence-corrected chi connectivity index (χ4v) is 5.25. The number of alkyl halides is 1. The second-order valence-corrected chi connectivity index (χ2v) is 9.00. The van der Waals surface area contributed by atoms with Crippen molar-refractivity contribution in [3.05, 3.63) is 71.2 Å². The minimum atomic E-state index is -1.58. The summed E-state index contributed by atoms with van der Waals surface area (Å²) in [4.78, 5) is 16.5. The van der Waals surface area contributed by atoms with E-state index in [0.717, 1.165) is 34.7 Å². The molecule has 3 heterocycles. The molecule has 2 unspecified atom stereocenters. The quantitative estimate of drug-likeness (QED) is 0.673. The van der Waals surface area contributed by atoms with Gasteiger partial charge in [0, 0.05) is 41.2 Å². The van der Waals surface area contributed by atoms with Crippen LogP contribution in [0, 0.1) is 11.8 Å². The zero-order valence-corrected chi connectivity index (χ0v) is 17.8. The van der Waals surface area contributed by atoms with Crippen LogP contribution in [0.15, 0.2) is 60.0 Å². The highest BCUT2D eigenvalue weighted by Gasteiger charge is 2.45. The third-order valence-electron chi connectivity index (χ3n) is 6.82. The highest BCUT2D eigenvalue weighted by Crippen LogP contribution is 2.47. The minimum Gasteiger partial charge on any atom is -0.478 e. The number of carbonyl (C=O) groups is 1. The fourth-order valence-electron chi connectivity index (χ4n) is 5.25. The molecule has 0 radical (unpaired) electrons. The van der Waals surface area contributed by atoms with E-state index in [1.54, 1.807) is 0 Å². The Bertz CT molecular complexity index is 1130. The molecule has 5 nitrogen and oxygen atoms in total. The summed E-state index contributed by atoms with van der Waals surface area (Å²) < 4.78 is 36.4. The standard InChI is InChI=1S/C25H26F2N2O3/c1-14-8-18-17-4-2-3-5-21(17)28-24(18)25(29(14)11-16-12-32-13-16)23-19(26)9-15(10-20(23)27)6-7-22(30)31/h2-7,9-10,14,16,19,23,25,28H,8,11-13H2,1H3,(H,30,31)/b7-6+/t14-,19?,23?,25-/m1/s1. The number of carboxylic acid groups (broad SMARTS) is 1. The number of benzene rings is 1. The molecule has 4 atom stereocenters. The van der Waals surface area contributed by atoms with Crippen LogP contribution in [-0.4, -0.2) is 52.9 Å². The maximum atomic E-state index is 15.5. The van der Waals surface area contributed by atoms with Gasteiger partial charge in [0.1, 0.15) is 12.0 Å². The van der Waals surface area contributed by atoms with Crippen LogP contribution >= 0.6 is 0 Å². The Labute approximate surface area is 185 Å². The maximum Gasteiger partial charge on any atom is 0.328 e. The number of H-pyrrole nitrogens is 1. The average molecular weight is 440 g/mol. The Balaban J connectivity index is 1.57. The monoisotopic (exact) mass is 440 g/mol. The molecule has 32 heavy (non-hydrogen) atoms. The predicted molar refractivity (Wildman–Crippen MR) is 118 cm³/mol. The summed E-state index contributed by atoms with van der Waals surface area (Å²) >= 11 is 0. The Kier molecular flexibility index (Phi) is 5.47. The van der Waals surface area contributed by atoms with Crippen molar-refractivity contribution in [2.24, 2.45) is 11.8 Å². The molecule has 2 N–H and O–H groups in total. The fraction of sp³-hybridized carbons (Fsp3) is 0.400. The molecular formula is C25H26F2N2O3. The number of halogens is 2. The molecule has 5 rings (SSSR count). The lowest BCUT2D eigenvalue weighted by Crippen LogP contribution is -2.51. The number of carboxylic acids is 1. The Morgan fingerprint density at radius 1 is 1.34 bits per heavy atom. The van der Waals surface area contributed by atoms with E-state index in [1.165, 1.54) is 18.2 Å². The predicted octanol–water partition coefficient (Wildman–Crippen LogP) is 4.49. The third-order valence-corrected chi connectivity index (χ3v) is 6.82. The summed E-state index contributed by atoms with van der Waals surface area (Å²) in [7, 11) is 0. The van der Waals surface area contributed by atoms with Crippen molar-refractivity contribution >= 4 is 16.9 Å². The minimum absolute atomic E-state index is 0.115. The number of ether oxygens (including phenoxy) is 1. The molecule has 1 fully saturated rings. The van der Waals surface area contributed by atoms with Crippen LogP contribution in [0.5, 0.6) is 0 Å². The van der Waals surface area contributed by atoms with Gasteiger partial charge in [-0.05, 0) is 48.8 Å². The van der Waals surface area contributed by atoms with Crippen molar-refractivity contribution in [2.75, 3.05) is 19.8 Å². The summed E-state index contributed by atoms with van der Waals surface area (Å²) in [6, 6.07) is 7.61. The number of nitrogens with zero attached hydrogens (tertiary/aromatic N) is 1. The van der Waals surface area contributed by atoms with Gasteiger partial charge in [0.25, 0.3) is 0 Å². The highest BCUT2D eigenvalue weighted by atomic mass is 19.1. The molecule has 3 aliphatic rings. The number of fused-ring (bicyclic) bond motifs is 3. The second kappa shape index (κ2) is 8.30. The molecule has 0 saturated carbocycles. The molecule has 2 aromatic rings. The summed E-state index contributed by atoms with van der Waals surface area (Å²) in [5.74, 6) is -2.38. The number of hydrogen-bond donors (Lipinski definition) is 2. The maximum absolute atomic E-state index is 15.5. The second-order valence-electron chi connectivity index (χ2n) is 9.00. The van der Waals surface area contributed by atoms with Crippen LogP contribution in [0.3, 0.4) is 0 Å². The molecule has 2 aliphatic heterocycles. The zero-order chi connectivity index (χ0) is 22.4. The summed E-state index contributed by atoms with van der Waals surface area (Å²) in [6.45, 7) is 4.17. The van der Waals surface area contributed by atoms with Gasteiger partial charge in [-0.2, -0.15) is 0 Å². The summed E-state index contributed by atoms with van der Waals surface area (Å²) in [5.41, 5.74) is 3.20. The van der Waals surface area contributed by atoms with E-state index in [-0.39, 0.29) is 11.6 Å². The number of hydrogen-bond acceptors (Lipinski definition) is 3. The van der Waals surface area contributed by atoms with Crippen LogP contribution < -0.4 is 0 Å². The molecule has 0 bridgehead atoms. The lowest BCUT2D eigenvalue weighted by molar-refractivity contribution is -0.131. The average Bonchev–Trinajstić information content (AvgIpc) is 3.08. The van der Waals surface area contributed by atoms with Crippen molar-refractivity contribution in [2.45, 2.75) is 31.6 Å². The van der Waals surface area contributed by atoms with Crippen molar-refractivity contribution in [1.29, 1.82) is 0 Å². The lowest BCUT2D eigenvalue weighted by atomic mass is 9.79. The smallest absolute Gasteiger partial charge is 0.328 e. The molecule has 168 valence electrons. The molecule has 0 spiro atoms. The SMILES string of the molecule is C[C@@H]1Cc2c([nH]c3ccccc23)[C@@H](C2C(F)=CC(/C=C/C(=O)O)=CC2F)N1CC1COC1. The molecular weight excluding hydrogens is 414 g/mol. The number of aromatic amines is 1. The Hall–Kier alpha value is -2.77. The van der Waals surface area contributed by atoms with E-state index < -0.39 is 29.9 Å². The first kappa shape index (κ1) is 21.1. The first-order valence-electron chi connectivity index (χ1n) is 11.0. The van der Waals surface area contributed by atoms with E-state index in [2.05, 4.69) is 22.9 Å². The van der Waals surface area contributed by atoms with Gasteiger partial charge in [-0.25, -0.2) is 13.6 Å². The molecule has 0 amide bonds. The van der Waals surface area contributed by atoms with E-state index in [1.807, 2.05) is 18.2 Å². The van der Waals surface area contributed by atoms with Crippen LogP contribution in [0.1, 0.15) is 24.2 Å². The zero-order valence-electron chi connectivity index (χ0n) is 17.8. The topological polar surface area (TPSA) is 65.6 Å². The first-order chi connectivity index (χ1) is 15.4. The van der Waals surface area contributed by atoms with Crippen LogP contribution in [0.2, 0.25) is 0 Å². The Morgan fingerprint density at radius 2 is 2.12 bits per heavy atom. The number of aromatic nitrogens is 1. The van der Waals surface area contributed by atoms with Gasteiger partial charge < -0.3 is 14.8 Å². The van der Waals surface area contributed by atoms with E-state index in [0.29, 0.717) is 25.7 Å². The van der Waals surface area contributed by atoms with Crippen molar-refractivity contribution in [1.82, 2.24) is 9.88 Å². The lowest BCUT2D eigenvalue weighted by Gasteiger charge is -2.47. The summed E-state index contributed by atoms with van der Waals surface area (Å²) in [6.07, 6.45) is 3.92. The van der Waals surface area contributed by atoms with Crippen molar-refractivity contribution < 1.29 is 23.4 Å². The van der Waals surface area contributed by atoms with Crippen LogP contribution in [0.25, 0.3) is 10.9 Å². The van der Waals surface area contributed by atoms with Gasteiger partial charge in [-0.15, -0.1) is 0 Å². The van der Waals surface area contributed by atoms with E-state index >= 15 is 8.78 Å². The van der Waals surface area contributed by atoms with Crippen molar-refractivity contribution in [3.63, 3.8) is 0 Å². The molecule has 7 heteroatoms. The first-order valence-corrected chi connectivity index (χ1v) is 11.0. The molecule has 1 saturated heterocycles. The molecule has 1 aromatic carbocycles. The van der Waals surface area contributed by atoms with Crippen molar-refractivity contribution in [3.8, 4) is 0 Å². The third kappa shape index (κ3) is 3.69. The summed E-state index contributed by atoms with van der Waals surface area (Å²) in [5, 5.41) is 9.94. The van der Waals surface area contributed by atoms with Gasteiger partial charge in [-0.3, -0.25) is 4.90 Å². The number of nitrogens with one attached hydrogen (secondary N) is 1. The molecule has 1 aromatic heterocycles. The molecule has 1 aliphatic carbocycles. The highest BCUT2D eigenvalue weighted by molar-refractivity contribution is 5.85.